The normalized spacial score (nSPS) is 18.9. The first-order valence-corrected chi connectivity index (χ1v) is 8.56. The van der Waals surface area contributed by atoms with Gasteiger partial charge in [-0.25, -0.2) is 8.42 Å². The Morgan fingerprint density at radius 3 is 2.50 bits per heavy atom. The van der Waals surface area contributed by atoms with Crippen LogP contribution in [0.2, 0.25) is 0 Å². The molecule has 1 fully saturated rings. The molecule has 0 amide bonds. The molecule has 1 aromatic rings. The fourth-order valence-electron chi connectivity index (χ4n) is 1.91. The number of rotatable bonds is 2. The molecule has 0 spiro atoms. The van der Waals surface area contributed by atoms with Crippen molar-refractivity contribution in [2.75, 3.05) is 30.3 Å². The molecule has 18 heavy (non-hydrogen) atoms. The van der Waals surface area contributed by atoms with Gasteiger partial charge in [-0.1, -0.05) is 6.07 Å². The van der Waals surface area contributed by atoms with Crippen LogP contribution < -0.4 is 5.73 Å². The zero-order chi connectivity index (χ0) is 13.3. The number of sulfonamides is 1. The number of benzene rings is 1. The van der Waals surface area contributed by atoms with Gasteiger partial charge in [-0.2, -0.15) is 4.31 Å². The summed E-state index contributed by atoms with van der Waals surface area (Å²) in [6.45, 7) is 2.32. The lowest BCUT2D eigenvalue weighted by atomic mass is 10.2. The predicted octanol–water partition coefficient (Wildman–Crippen LogP) is 0.330. The summed E-state index contributed by atoms with van der Waals surface area (Å²) >= 11 is 0. The number of nitrogens with two attached hydrogens (primary N) is 1. The molecule has 1 saturated heterocycles. The van der Waals surface area contributed by atoms with Gasteiger partial charge in [0, 0.05) is 41.1 Å². The van der Waals surface area contributed by atoms with E-state index >= 15 is 0 Å². The minimum Gasteiger partial charge on any atom is -0.398 e. The highest BCUT2D eigenvalue weighted by molar-refractivity contribution is 7.89. The second-order valence-electron chi connectivity index (χ2n) is 4.22. The molecule has 0 saturated carbocycles. The van der Waals surface area contributed by atoms with Crippen LogP contribution in [-0.4, -0.2) is 41.5 Å². The lowest BCUT2D eigenvalue weighted by Gasteiger charge is -2.26. The minimum absolute atomic E-state index is 0.246. The van der Waals surface area contributed by atoms with Crippen LogP contribution in [0.3, 0.4) is 0 Å². The van der Waals surface area contributed by atoms with Crippen molar-refractivity contribution in [2.24, 2.45) is 0 Å². The molecule has 0 bridgehead atoms. The number of hydrogen-bond donors (Lipinski definition) is 1. The van der Waals surface area contributed by atoms with E-state index < -0.39 is 20.8 Å². The van der Waals surface area contributed by atoms with E-state index in [-0.39, 0.29) is 4.90 Å². The molecule has 0 aromatic heterocycles. The number of anilines is 1. The largest absolute Gasteiger partial charge is 0.398 e. The van der Waals surface area contributed by atoms with Crippen LogP contribution in [0.25, 0.3) is 0 Å². The molecular formula is C11H16N2O3S2. The summed E-state index contributed by atoms with van der Waals surface area (Å²) in [5.41, 5.74) is 6.78. The van der Waals surface area contributed by atoms with Crippen LogP contribution >= 0.6 is 0 Å². The van der Waals surface area contributed by atoms with Gasteiger partial charge in [0.1, 0.15) is 0 Å². The minimum atomic E-state index is -3.52. The summed E-state index contributed by atoms with van der Waals surface area (Å²) in [6, 6.07) is 4.88. The zero-order valence-corrected chi connectivity index (χ0v) is 11.8. The van der Waals surface area contributed by atoms with E-state index in [2.05, 4.69) is 0 Å². The Morgan fingerprint density at radius 2 is 1.89 bits per heavy atom. The smallest absolute Gasteiger partial charge is 0.243 e. The van der Waals surface area contributed by atoms with Crippen LogP contribution in [0.5, 0.6) is 0 Å². The molecule has 1 heterocycles. The molecule has 100 valence electrons. The summed E-state index contributed by atoms with van der Waals surface area (Å²) in [7, 11) is -4.41. The van der Waals surface area contributed by atoms with Crippen molar-refractivity contribution in [3.05, 3.63) is 23.8 Å². The van der Waals surface area contributed by atoms with Gasteiger partial charge < -0.3 is 5.73 Å². The van der Waals surface area contributed by atoms with Crippen molar-refractivity contribution in [2.45, 2.75) is 11.8 Å². The van der Waals surface area contributed by atoms with Gasteiger partial charge in [0.15, 0.2) is 0 Å². The van der Waals surface area contributed by atoms with Gasteiger partial charge in [0.25, 0.3) is 0 Å². The monoisotopic (exact) mass is 288 g/mol. The molecule has 1 aliphatic rings. The summed E-state index contributed by atoms with van der Waals surface area (Å²) in [5, 5.41) is 0. The number of nitrogen functional groups attached to an aromatic ring is 1. The van der Waals surface area contributed by atoms with Gasteiger partial charge in [0.05, 0.1) is 4.90 Å². The summed E-state index contributed by atoms with van der Waals surface area (Å²) in [5.74, 6) is 0.807. The third kappa shape index (κ3) is 2.43. The van der Waals surface area contributed by atoms with E-state index in [0.29, 0.717) is 35.8 Å². The lowest BCUT2D eigenvalue weighted by molar-refractivity contribution is 0.438. The van der Waals surface area contributed by atoms with Gasteiger partial charge in [-0.05, 0) is 24.6 Å². The van der Waals surface area contributed by atoms with Crippen molar-refractivity contribution in [1.29, 1.82) is 0 Å². The van der Waals surface area contributed by atoms with Gasteiger partial charge >= 0.3 is 0 Å². The molecule has 5 nitrogen and oxygen atoms in total. The molecule has 0 atom stereocenters. The van der Waals surface area contributed by atoms with Gasteiger partial charge in [-0.3, -0.25) is 4.21 Å². The highest BCUT2D eigenvalue weighted by Gasteiger charge is 2.29. The third-order valence-corrected chi connectivity index (χ3v) is 6.40. The van der Waals surface area contributed by atoms with Crippen LogP contribution in [0.4, 0.5) is 5.69 Å². The van der Waals surface area contributed by atoms with E-state index in [4.69, 9.17) is 5.73 Å². The van der Waals surface area contributed by atoms with Crippen molar-refractivity contribution < 1.29 is 12.6 Å². The molecule has 0 radical (unpaired) electrons. The van der Waals surface area contributed by atoms with Crippen molar-refractivity contribution >= 4 is 26.5 Å². The van der Waals surface area contributed by atoms with E-state index in [0.717, 1.165) is 0 Å². The van der Waals surface area contributed by atoms with Gasteiger partial charge in [-0.15, -0.1) is 0 Å². The Bertz CT molecular complexity index is 574. The fourth-order valence-corrected chi connectivity index (χ4v) is 4.89. The maximum absolute atomic E-state index is 12.4. The van der Waals surface area contributed by atoms with E-state index in [1.165, 1.54) is 4.31 Å². The predicted molar refractivity (Wildman–Crippen MR) is 72.2 cm³/mol. The molecule has 0 unspecified atom stereocenters. The van der Waals surface area contributed by atoms with E-state index in [1.807, 2.05) is 0 Å². The van der Waals surface area contributed by atoms with E-state index in [9.17, 15) is 12.6 Å². The number of hydrogen-bond acceptors (Lipinski definition) is 4. The first-order chi connectivity index (χ1) is 8.43. The molecule has 2 N–H and O–H groups in total. The fraction of sp³-hybridized carbons (Fsp3) is 0.455. The summed E-state index contributed by atoms with van der Waals surface area (Å²) in [6.07, 6.45) is 0. The Hall–Kier alpha value is -0.920. The van der Waals surface area contributed by atoms with Crippen LogP contribution in [0.1, 0.15) is 5.56 Å². The molecule has 1 aromatic carbocycles. The average Bonchev–Trinajstić information content (AvgIpc) is 2.33. The van der Waals surface area contributed by atoms with Crippen LogP contribution in [0.15, 0.2) is 23.1 Å². The van der Waals surface area contributed by atoms with Crippen LogP contribution in [-0.2, 0) is 20.8 Å². The second kappa shape index (κ2) is 4.99. The Morgan fingerprint density at radius 1 is 1.28 bits per heavy atom. The van der Waals surface area contributed by atoms with Crippen molar-refractivity contribution in [3.63, 3.8) is 0 Å². The van der Waals surface area contributed by atoms with Gasteiger partial charge in [0.2, 0.25) is 10.0 Å². The average molecular weight is 288 g/mol. The maximum Gasteiger partial charge on any atom is 0.243 e. The third-order valence-electron chi connectivity index (χ3n) is 3.08. The van der Waals surface area contributed by atoms with Crippen LogP contribution in [0, 0.1) is 6.92 Å². The summed E-state index contributed by atoms with van der Waals surface area (Å²) in [4.78, 5) is 0.246. The highest BCUT2D eigenvalue weighted by atomic mass is 32.2. The van der Waals surface area contributed by atoms with Crippen molar-refractivity contribution in [3.8, 4) is 0 Å². The second-order valence-corrected chi connectivity index (χ2v) is 7.83. The molecule has 0 aliphatic carbocycles. The SMILES string of the molecule is Cc1c(N)cccc1S(=O)(=O)N1CCS(=O)CC1. The quantitative estimate of drug-likeness (QED) is 0.795. The Kier molecular flexibility index (Phi) is 3.74. The van der Waals surface area contributed by atoms with E-state index in [1.54, 1.807) is 25.1 Å². The number of nitrogens with zero attached hydrogens (tertiary/aromatic N) is 1. The molecule has 7 heteroatoms. The maximum atomic E-state index is 12.4. The Labute approximate surface area is 109 Å². The first kappa shape index (κ1) is 13.5. The summed E-state index contributed by atoms with van der Waals surface area (Å²) < 4.78 is 37.5. The topological polar surface area (TPSA) is 80.5 Å². The molecule has 1 aliphatic heterocycles. The molecular weight excluding hydrogens is 272 g/mol. The Balaban J connectivity index is 2.36. The van der Waals surface area contributed by atoms with Crippen molar-refractivity contribution in [1.82, 2.24) is 4.31 Å². The standard InChI is InChI=1S/C11H16N2O3S2/c1-9-10(12)3-2-4-11(9)18(15,16)13-5-7-17(14)8-6-13/h2-4H,5-8,12H2,1H3. The highest BCUT2D eigenvalue weighted by Crippen LogP contribution is 2.24. The lowest BCUT2D eigenvalue weighted by Crippen LogP contribution is -2.41. The molecule has 2 rings (SSSR count). The first-order valence-electron chi connectivity index (χ1n) is 5.63. The zero-order valence-electron chi connectivity index (χ0n) is 10.1.